The van der Waals surface area contributed by atoms with E-state index in [0.29, 0.717) is 19.4 Å². The molecule has 0 aliphatic heterocycles. The Morgan fingerprint density at radius 2 is 1.50 bits per heavy atom. The van der Waals surface area contributed by atoms with E-state index in [0.717, 1.165) is 30.4 Å². The van der Waals surface area contributed by atoms with Gasteiger partial charge < -0.3 is 19.9 Å². The normalized spacial score (nSPS) is 17.2. The van der Waals surface area contributed by atoms with Crippen LogP contribution in [0.1, 0.15) is 50.2 Å². The summed E-state index contributed by atoms with van der Waals surface area (Å²) in [6, 6.07) is 18.1. The SMILES string of the molecule is CC(OCc1ccccc1)C(NC(=O)C1(CO)CCCCC1)C(=O)OCc1ccccc1. The first-order valence-corrected chi connectivity index (χ1v) is 11.3. The van der Waals surface area contributed by atoms with Crippen LogP contribution in [0.15, 0.2) is 60.7 Å². The van der Waals surface area contributed by atoms with Gasteiger partial charge in [-0.25, -0.2) is 4.79 Å². The van der Waals surface area contributed by atoms with Crippen molar-refractivity contribution in [2.75, 3.05) is 6.61 Å². The Morgan fingerprint density at radius 3 is 2.06 bits per heavy atom. The first kappa shape index (κ1) is 24.0. The average molecular weight is 440 g/mol. The number of ether oxygens (including phenoxy) is 2. The lowest BCUT2D eigenvalue weighted by Crippen LogP contribution is -2.55. The molecule has 0 aromatic heterocycles. The molecule has 2 aromatic rings. The van der Waals surface area contributed by atoms with Crippen LogP contribution in [0.4, 0.5) is 0 Å². The van der Waals surface area contributed by atoms with E-state index in [1.165, 1.54) is 0 Å². The highest BCUT2D eigenvalue weighted by atomic mass is 16.5. The summed E-state index contributed by atoms with van der Waals surface area (Å²) in [5.74, 6) is -0.858. The van der Waals surface area contributed by atoms with E-state index in [4.69, 9.17) is 9.47 Å². The molecule has 2 atom stereocenters. The molecule has 0 spiro atoms. The minimum atomic E-state index is -0.972. The van der Waals surface area contributed by atoms with E-state index in [1.807, 2.05) is 60.7 Å². The maximum Gasteiger partial charge on any atom is 0.331 e. The molecule has 32 heavy (non-hydrogen) atoms. The van der Waals surface area contributed by atoms with Crippen molar-refractivity contribution in [1.82, 2.24) is 5.32 Å². The summed E-state index contributed by atoms with van der Waals surface area (Å²) in [5, 5.41) is 12.8. The molecular weight excluding hydrogens is 406 g/mol. The van der Waals surface area contributed by atoms with Crippen LogP contribution in [0.25, 0.3) is 0 Å². The Kier molecular flexibility index (Phi) is 8.82. The number of aliphatic hydroxyl groups excluding tert-OH is 1. The largest absolute Gasteiger partial charge is 0.459 e. The summed E-state index contributed by atoms with van der Waals surface area (Å²) in [7, 11) is 0. The molecule has 1 saturated carbocycles. The highest BCUT2D eigenvalue weighted by molar-refractivity contribution is 5.88. The van der Waals surface area contributed by atoms with Gasteiger partial charge in [-0.2, -0.15) is 0 Å². The van der Waals surface area contributed by atoms with Gasteiger partial charge in [0.05, 0.1) is 24.7 Å². The van der Waals surface area contributed by atoms with Crippen LogP contribution in [0.3, 0.4) is 0 Å². The third-order valence-corrected chi connectivity index (χ3v) is 6.18. The molecule has 1 aliphatic rings. The third-order valence-electron chi connectivity index (χ3n) is 6.18. The molecule has 3 rings (SSSR count). The number of nitrogens with one attached hydrogen (secondary N) is 1. The first-order valence-electron chi connectivity index (χ1n) is 11.3. The molecule has 6 nitrogen and oxygen atoms in total. The predicted octanol–water partition coefficient (Wildman–Crippen LogP) is 3.76. The van der Waals surface area contributed by atoms with Crippen LogP contribution in [0.2, 0.25) is 0 Å². The summed E-state index contributed by atoms with van der Waals surface area (Å²) >= 11 is 0. The fraction of sp³-hybridized carbons (Fsp3) is 0.462. The van der Waals surface area contributed by atoms with Crippen molar-refractivity contribution in [1.29, 1.82) is 0 Å². The Hall–Kier alpha value is -2.70. The maximum absolute atomic E-state index is 13.2. The van der Waals surface area contributed by atoms with Gasteiger partial charge in [0, 0.05) is 0 Å². The number of carbonyl (C=O) groups excluding carboxylic acids is 2. The second-order valence-electron chi connectivity index (χ2n) is 8.55. The number of hydrogen-bond donors (Lipinski definition) is 2. The first-order chi connectivity index (χ1) is 15.5. The zero-order valence-corrected chi connectivity index (χ0v) is 18.7. The van der Waals surface area contributed by atoms with Crippen molar-refractivity contribution in [3.05, 3.63) is 71.8 Å². The van der Waals surface area contributed by atoms with Crippen LogP contribution in [-0.4, -0.2) is 35.7 Å². The molecule has 0 saturated heterocycles. The molecule has 2 unspecified atom stereocenters. The smallest absolute Gasteiger partial charge is 0.331 e. The summed E-state index contributed by atoms with van der Waals surface area (Å²) in [4.78, 5) is 26.2. The Bertz CT molecular complexity index is 849. The molecule has 172 valence electrons. The summed E-state index contributed by atoms with van der Waals surface area (Å²) in [6.07, 6.45) is 3.44. The van der Waals surface area contributed by atoms with Gasteiger partial charge in [-0.1, -0.05) is 79.9 Å². The minimum Gasteiger partial charge on any atom is -0.459 e. The van der Waals surface area contributed by atoms with E-state index in [2.05, 4.69) is 5.32 Å². The molecule has 0 radical (unpaired) electrons. The Balaban J connectivity index is 1.69. The van der Waals surface area contributed by atoms with Gasteiger partial charge in [-0.05, 0) is 30.9 Å². The zero-order valence-electron chi connectivity index (χ0n) is 18.7. The summed E-state index contributed by atoms with van der Waals surface area (Å²) in [5.41, 5.74) is 0.985. The van der Waals surface area contributed by atoms with Gasteiger partial charge in [-0.3, -0.25) is 4.79 Å². The van der Waals surface area contributed by atoms with Gasteiger partial charge in [0.15, 0.2) is 6.04 Å². The fourth-order valence-corrected chi connectivity index (χ4v) is 4.06. The Labute approximate surface area is 189 Å². The molecule has 1 fully saturated rings. The number of rotatable bonds is 10. The number of aliphatic hydroxyl groups is 1. The average Bonchev–Trinajstić information content (AvgIpc) is 2.85. The number of hydrogen-bond acceptors (Lipinski definition) is 5. The van der Waals surface area contributed by atoms with Crippen molar-refractivity contribution in [2.24, 2.45) is 5.41 Å². The molecule has 2 N–H and O–H groups in total. The fourth-order valence-electron chi connectivity index (χ4n) is 4.06. The van der Waals surface area contributed by atoms with Gasteiger partial charge in [-0.15, -0.1) is 0 Å². The van der Waals surface area contributed by atoms with E-state index < -0.39 is 23.5 Å². The molecular formula is C26H33NO5. The van der Waals surface area contributed by atoms with Crippen molar-refractivity contribution in [2.45, 2.75) is 64.4 Å². The van der Waals surface area contributed by atoms with E-state index >= 15 is 0 Å². The molecule has 2 aromatic carbocycles. The highest BCUT2D eigenvalue weighted by Crippen LogP contribution is 2.36. The monoisotopic (exact) mass is 439 g/mol. The highest BCUT2D eigenvalue weighted by Gasteiger charge is 2.42. The summed E-state index contributed by atoms with van der Waals surface area (Å²) in [6.45, 7) is 1.95. The lowest BCUT2D eigenvalue weighted by Gasteiger charge is -2.36. The van der Waals surface area contributed by atoms with E-state index in [9.17, 15) is 14.7 Å². The molecule has 1 amide bonds. The second kappa shape index (κ2) is 11.8. The zero-order chi connectivity index (χ0) is 22.8. The third kappa shape index (κ3) is 6.40. The van der Waals surface area contributed by atoms with Gasteiger partial charge in [0.25, 0.3) is 0 Å². The number of benzene rings is 2. The van der Waals surface area contributed by atoms with E-state index in [1.54, 1.807) is 6.92 Å². The van der Waals surface area contributed by atoms with Crippen LogP contribution < -0.4 is 5.32 Å². The van der Waals surface area contributed by atoms with E-state index in [-0.39, 0.29) is 19.1 Å². The molecule has 1 aliphatic carbocycles. The van der Waals surface area contributed by atoms with Gasteiger partial charge in [0.2, 0.25) is 5.91 Å². The number of esters is 1. The maximum atomic E-state index is 13.2. The lowest BCUT2D eigenvalue weighted by molar-refractivity contribution is -0.156. The van der Waals surface area contributed by atoms with Crippen LogP contribution in [-0.2, 0) is 32.3 Å². The molecule has 6 heteroatoms. The van der Waals surface area contributed by atoms with Gasteiger partial charge in [0.1, 0.15) is 6.61 Å². The van der Waals surface area contributed by atoms with Gasteiger partial charge >= 0.3 is 5.97 Å². The van der Waals surface area contributed by atoms with Crippen molar-refractivity contribution in [3.63, 3.8) is 0 Å². The van der Waals surface area contributed by atoms with Crippen molar-refractivity contribution >= 4 is 11.9 Å². The van der Waals surface area contributed by atoms with Crippen LogP contribution >= 0.6 is 0 Å². The molecule has 0 bridgehead atoms. The number of amides is 1. The summed E-state index contributed by atoms with van der Waals surface area (Å²) < 4.78 is 11.5. The van der Waals surface area contributed by atoms with Crippen LogP contribution in [0.5, 0.6) is 0 Å². The molecule has 0 heterocycles. The predicted molar refractivity (Wildman–Crippen MR) is 121 cm³/mol. The number of carbonyl (C=O) groups is 2. The van der Waals surface area contributed by atoms with Crippen molar-refractivity contribution < 1.29 is 24.2 Å². The van der Waals surface area contributed by atoms with Crippen LogP contribution in [0, 0.1) is 5.41 Å². The minimum absolute atomic E-state index is 0.114. The second-order valence-corrected chi connectivity index (χ2v) is 8.55. The van der Waals surface area contributed by atoms with Crippen molar-refractivity contribution in [3.8, 4) is 0 Å². The Morgan fingerprint density at radius 1 is 0.938 bits per heavy atom. The topological polar surface area (TPSA) is 84.9 Å². The quantitative estimate of drug-likeness (QED) is 0.551. The standard InChI is InChI=1S/C26H33NO5/c1-20(31-17-21-11-5-2-6-12-21)23(24(29)32-18-22-13-7-3-8-14-22)27-25(30)26(19-28)15-9-4-10-16-26/h2-3,5-8,11-14,20,23,28H,4,9-10,15-19H2,1H3,(H,27,30). The lowest BCUT2D eigenvalue weighted by atomic mass is 9.74.